The molecule has 1 aliphatic rings. The summed E-state index contributed by atoms with van der Waals surface area (Å²) in [4.78, 5) is 28.7. The van der Waals surface area contributed by atoms with E-state index >= 15 is 0 Å². The second kappa shape index (κ2) is 10.9. The molecule has 0 saturated carbocycles. The molecule has 2 amide bonds. The van der Waals surface area contributed by atoms with E-state index in [-0.39, 0.29) is 29.1 Å². The van der Waals surface area contributed by atoms with Gasteiger partial charge in [-0.1, -0.05) is 0 Å². The molecule has 1 N–H and O–H groups in total. The minimum absolute atomic E-state index is 0.0474. The van der Waals surface area contributed by atoms with Crippen molar-refractivity contribution in [1.29, 1.82) is 0 Å². The maximum Gasteiger partial charge on any atom is 0.234 e. The van der Waals surface area contributed by atoms with E-state index in [1.807, 2.05) is 29.2 Å². The van der Waals surface area contributed by atoms with Gasteiger partial charge in [0.05, 0.1) is 18.6 Å². The van der Waals surface area contributed by atoms with Gasteiger partial charge in [-0.3, -0.25) is 9.59 Å². The van der Waals surface area contributed by atoms with Gasteiger partial charge >= 0.3 is 0 Å². The fourth-order valence-electron chi connectivity index (χ4n) is 3.27. The van der Waals surface area contributed by atoms with Crippen LogP contribution in [0.15, 0.2) is 48.5 Å². The van der Waals surface area contributed by atoms with Crippen LogP contribution in [-0.2, 0) is 9.59 Å². The van der Waals surface area contributed by atoms with Gasteiger partial charge in [-0.2, -0.15) is 0 Å². The molecule has 2 aromatic carbocycles. The summed E-state index contributed by atoms with van der Waals surface area (Å²) < 4.78 is 18.1. The summed E-state index contributed by atoms with van der Waals surface area (Å²) in [5.74, 6) is 0.753. The number of carbonyl (C=O) groups excluding carboxylic acids is 2. The topological polar surface area (TPSA) is 61.9 Å². The Morgan fingerprint density at radius 2 is 1.73 bits per heavy atom. The normalized spacial score (nSPS) is 14.2. The van der Waals surface area contributed by atoms with Crippen molar-refractivity contribution in [3.05, 3.63) is 54.3 Å². The number of halogens is 1. The van der Waals surface area contributed by atoms with Gasteiger partial charge in [0.15, 0.2) is 0 Å². The SMILES string of the molecule is COc1ccc(N2CCCN(C(=O)CSCC(=O)Nc3ccc(F)cc3)CC2)cc1. The van der Waals surface area contributed by atoms with Crippen LogP contribution in [0.3, 0.4) is 0 Å². The Bertz CT molecular complexity index is 846. The van der Waals surface area contributed by atoms with Gasteiger partial charge in [0.25, 0.3) is 0 Å². The summed E-state index contributed by atoms with van der Waals surface area (Å²) >= 11 is 1.29. The van der Waals surface area contributed by atoms with Gasteiger partial charge in [-0.25, -0.2) is 4.39 Å². The second-order valence-electron chi connectivity index (χ2n) is 6.97. The van der Waals surface area contributed by atoms with E-state index in [1.54, 1.807) is 7.11 Å². The molecule has 8 heteroatoms. The maximum atomic E-state index is 12.9. The summed E-state index contributed by atoms with van der Waals surface area (Å²) in [5.41, 5.74) is 1.66. The second-order valence-corrected chi connectivity index (χ2v) is 7.95. The van der Waals surface area contributed by atoms with Gasteiger partial charge in [0.1, 0.15) is 11.6 Å². The Morgan fingerprint density at radius 1 is 1.00 bits per heavy atom. The first-order valence-electron chi connectivity index (χ1n) is 9.85. The monoisotopic (exact) mass is 431 g/mol. The van der Waals surface area contributed by atoms with Crippen LogP contribution < -0.4 is 15.0 Å². The highest BCUT2D eigenvalue weighted by molar-refractivity contribution is 8.00. The van der Waals surface area contributed by atoms with E-state index in [1.165, 1.54) is 36.0 Å². The van der Waals surface area contributed by atoms with Crippen LogP contribution in [0.2, 0.25) is 0 Å². The largest absolute Gasteiger partial charge is 0.497 e. The molecule has 1 fully saturated rings. The Kier molecular flexibility index (Phi) is 7.96. The molecule has 160 valence electrons. The lowest BCUT2D eigenvalue weighted by molar-refractivity contribution is -0.128. The number of amides is 2. The van der Waals surface area contributed by atoms with Crippen molar-refractivity contribution < 1.29 is 18.7 Å². The van der Waals surface area contributed by atoms with Crippen molar-refractivity contribution in [1.82, 2.24) is 4.90 Å². The van der Waals surface area contributed by atoms with Crippen LogP contribution in [0.25, 0.3) is 0 Å². The number of thioether (sulfide) groups is 1. The molecule has 3 rings (SSSR count). The van der Waals surface area contributed by atoms with E-state index in [4.69, 9.17) is 4.74 Å². The van der Waals surface area contributed by atoms with Crippen LogP contribution >= 0.6 is 11.8 Å². The smallest absolute Gasteiger partial charge is 0.234 e. The number of anilines is 2. The first-order chi connectivity index (χ1) is 14.5. The minimum atomic E-state index is -0.351. The van der Waals surface area contributed by atoms with Gasteiger partial charge in [0, 0.05) is 37.6 Å². The third-order valence-corrected chi connectivity index (χ3v) is 5.79. The van der Waals surface area contributed by atoms with E-state index in [0.29, 0.717) is 18.8 Å². The fraction of sp³-hybridized carbons (Fsp3) is 0.364. The highest BCUT2D eigenvalue weighted by Crippen LogP contribution is 2.21. The van der Waals surface area contributed by atoms with Crippen molar-refractivity contribution in [2.45, 2.75) is 6.42 Å². The molecule has 0 bridgehead atoms. The molecule has 1 aliphatic heterocycles. The molecule has 0 aliphatic carbocycles. The number of hydrogen-bond donors (Lipinski definition) is 1. The summed E-state index contributed by atoms with van der Waals surface area (Å²) in [6, 6.07) is 13.6. The van der Waals surface area contributed by atoms with E-state index in [2.05, 4.69) is 10.2 Å². The molecule has 0 atom stereocenters. The van der Waals surface area contributed by atoms with E-state index < -0.39 is 0 Å². The average molecular weight is 432 g/mol. The Morgan fingerprint density at radius 3 is 2.43 bits per heavy atom. The Hall–Kier alpha value is -2.74. The van der Waals surface area contributed by atoms with Crippen LogP contribution in [0.4, 0.5) is 15.8 Å². The first kappa shape index (κ1) is 22.0. The molecule has 6 nitrogen and oxygen atoms in total. The zero-order chi connectivity index (χ0) is 21.3. The molecule has 0 aromatic heterocycles. The molecule has 0 spiro atoms. The molecular weight excluding hydrogens is 405 g/mol. The lowest BCUT2D eigenvalue weighted by Gasteiger charge is -2.24. The predicted molar refractivity (Wildman–Crippen MR) is 119 cm³/mol. The van der Waals surface area contributed by atoms with Crippen molar-refractivity contribution in [3.8, 4) is 5.75 Å². The molecule has 1 heterocycles. The number of rotatable bonds is 7. The van der Waals surface area contributed by atoms with Gasteiger partial charge in [-0.05, 0) is 55.0 Å². The Labute approximate surface area is 180 Å². The highest BCUT2D eigenvalue weighted by Gasteiger charge is 2.19. The van der Waals surface area contributed by atoms with Crippen molar-refractivity contribution in [3.63, 3.8) is 0 Å². The van der Waals surface area contributed by atoms with Crippen molar-refractivity contribution in [2.75, 3.05) is 55.0 Å². The molecular formula is C22H26FN3O3S. The summed E-state index contributed by atoms with van der Waals surface area (Å²) in [7, 11) is 1.65. The fourth-order valence-corrected chi connectivity index (χ4v) is 3.99. The number of nitrogens with one attached hydrogen (secondary N) is 1. The summed E-state index contributed by atoms with van der Waals surface area (Å²) in [6.07, 6.45) is 0.896. The lowest BCUT2D eigenvalue weighted by Crippen LogP contribution is -2.36. The van der Waals surface area contributed by atoms with Crippen LogP contribution in [0.1, 0.15) is 6.42 Å². The highest BCUT2D eigenvalue weighted by atomic mass is 32.2. The zero-order valence-corrected chi connectivity index (χ0v) is 17.8. The summed E-state index contributed by atoms with van der Waals surface area (Å²) in [6.45, 7) is 3.04. The van der Waals surface area contributed by atoms with Gasteiger partial charge in [-0.15, -0.1) is 11.8 Å². The number of ether oxygens (including phenoxy) is 1. The number of carbonyl (C=O) groups is 2. The van der Waals surface area contributed by atoms with Crippen LogP contribution in [-0.4, -0.2) is 61.5 Å². The van der Waals surface area contributed by atoms with Gasteiger partial charge in [0.2, 0.25) is 11.8 Å². The van der Waals surface area contributed by atoms with Crippen LogP contribution in [0.5, 0.6) is 5.75 Å². The average Bonchev–Trinajstić information content (AvgIpc) is 3.02. The zero-order valence-electron chi connectivity index (χ0n) is 17.0. The molecule has 2 aromatic rings. The summed E-state index contributed by atoms with van der Waals surface area (Å²) in [5, 5.41) is 2.70. The molecule has 1 saturated heterocycles. The third-order valence-electron chi connectivity index (χ3n) is 4.87. The maximum absolute atomic E-state index is 12.9. The molecule has 0 unspecified atom stereocenters. The standard InChI is InChI=1S/C22H26FN3O3S/c1-29-20-9-7-19(8-10-20)25-11-2-12-26(14-13-25)22(28)16-30-15-21(27)24-18-5-3-17(23)4-6-18/h3-10H,2,11-16H2,1H3,(H,24,27). The quantitative estimate of drug-likeness (QED) is 0.729. The van der Waals surface area contributed by atoms with E-state index in [9.17, 15) is 14.0 Å². The first-order valence-corrected chi connectivity index (χ1v) is 11.0. The number of methoxy groups -OCH3 is 1. The van der Waals surface area contributed by atoms with Crippen LogP contribution in [0, 0.1) is 5.82 Å². The molecule has 30 heavy (non-hydrogen) atoms. The lowest BCUT2D eigenvalue weighted by atomic mass is 10.2. The Balaban J connectivity index is 1.41. The predicted octanol–water partition coefficient (Wildman–Crippen LogP) is 3.24. The van der Waals surface area contributed by atoms with Crippen molar-refractivity contribution >= 4 is 35.0 Å². The minimum Gasteiger partial charge on any atom is -0.497 e. The van der Waals surface area contributed by atoms with E-state index in [0.717, 1.165) is 30.9 Å². The number of hydrogen-bond acceptors (Lipinski definition) is 5. The number of benzene rings is 2. The molecule has 0 radical (unpaired) electrons. The van der Waals surface area contributed by atoms with Crippen molar-refractivity contribution in [2.24, 2.45) is 0 Å². The third kappa shape index (κ3) is 6.38. The number of nitrogens with zero attached hydrogens (tertiary/aromatic N) is 2. The van der Waals surface area contributed by atoms with Gasteiger partial charge < -0.3 is 19.9 Å².